The Bertz CT molecular complexity index is 2830. The van der Waals surface area contributed by atoms with Crippen molar-refractivity contribution in [3.63, 3.8) is 0 Å². The molecule has 0 radical (unpaired) electrons. The normalized spacial score (nSPS) is 16.3. The minimum atomic E-state index is -1.13. The number of nitrogens with zero attached hydrogens (tertiary/aromatic N) is 8. The van der Waals surface area contributed by atoms with Gasteiger partial charge in [0, 0.05) is 78.4 Å². The predicted molar refractivity (Wildman–Crippen MR) is 430 cm³/mol. The zero-order chi connectivity index (χ0) is 79.1. The summed E-state index contributed by atoms with van der Waals surface area (Å²) < 4.78 is 40.5. The van der Waals surface area contributed by atoms with E-state index in [1.807, 2.05) is 59.7 Å². The number of morpholine rings is 1. The van der Waals surface area contributed by atoms with E-state index in [0.717, 1.165) is 91.1 Å². The molecule has 3 N–H and O–H groups in total. The number of methoxy groups -OCH3 is 1. The molecule has 2 saturated heterocycles. The highest BCUT2D eigenvalue weighted by Gasteiger charge is 2.33. The summed E-state index contributed by atoms with van der Waals surface area (Å²) in [6.07, 6.45) is 33.0. The molecule has 2 aliphatic heterocycles. The molecule has 0 bridgehead atoms. The highest BCUT2D eigenvalue weighted by Crippen LogP contribution is 2.28. The number of quaternary nitrogens is 1. The van der Waals surface area contributed by atoms with Gasteiger partial charge in [0.2, 0.25) is 0 Å². The number of nitrogens with one attached hydrogen (secondary N) is 1. The fourth-order valence-electron chi connectivity index (χ4n) is 13.4. The van der Waals surface area contributed by atoms with Crippen LogP contribution in [0.3, 0.4) is 0 Å². The summed E-state index contributed by atoms with van der Waals surface area (Å²) in [5, 5.41) is 31.1. The number of unbranched alkanes of at least 4 members (excludes halogenated alkanes) is 4. The van der Waals surface area contributed by atoms with Gasteiger partial charge in [-0.25, -0.2) is 30.7 Å². The minimum Gasteiger partial charge on any atom is -0.545 e. The summed E-state index contributed by atoms with van der Waals surface area (Å²) in [4.78, 5) is 66.0. The summed E-state index contributed by atoms with van der Waals surface area (Å²) in [7, 11) is 1.69. The molecule has 0 unspecified atom stereocenters. The molecule has 8 rings (SSSR count). The number of aromatic nitrogens is 2. The third-order valence-electron chi connectivity index (χ3n) is 20.9. The number of carboxylic acids is 1. The van der Waals surface area contributed by atoms with E-state index in [1.165, 1.54) is 175 Å². The number of carbonyl (C=O) groups is 4. The Balaban J connectivity index is 0.000000341. The van der Waals surface area contributed by atoms with Gasteiger partial charge in [-0.05, 0) is 129 Å². The van der Waals surface area contributed by atoms with Gasteiger partial charge in [0.25, 0.3) is 6.54 Å². The number of guanidine groups is 1. The number of hydrogen-bond acceptors (Lipinski definition) is 17. The van der Waals surface area contributed by atoms with E-state index in [-0.39, 0.29) is 49.4 Å². The number of likely N-dealkylation sites (tertiary alicyclic amines) is 1. The molecule has 3 aromatic rings. The van der Waals surface area contributed by atoms with Crippen LogP contribution in [0.2, 0.25) is 0 Å². The van der Waals surface area contributed by atoms with E-state index in [4.69, 9.17) is 54.9 Å². The van der Waals surface area contributed by atoms with E-state index >= 15 is 0 Å². The van der Waals surface area contributed by atoms with Crippen LogP contribution in [-0.2, 0) is 44.5 Å². The van der Waals surface area contributed by atoms with Gasteiger partial charge in [0.15, 0.2) is 11.8 Å². The average molecular weight is 1520 g/mol. The number of aliphatic imine (C=N–C) groups is 1. The van der Waals surface area contributed by atoms with Gasteiger partial charge in [-0.1, -0.05) is 167 Å². The highest BCUT2D eigenvalue weighted by molar-refractivity contribution is 5.88. The Morgan fingerprint density at radius 2 is 1.13 bits per heavy atom. The second-order valence-electron chi connectivity index (χ2n) is 30.6. The third-order valence-corrected chi connectivity index (χ3v) is 20.9. The van der Waals surface area contributed by atoms with Crippen molar-refractivity contribution in [2.45, 2.75) is 285 Å². The van der Waals surface area contributed by atoms with Crippen LogP contribution >= 0.6 is 0 Å². The Morgan fingerprint density at radius 3 is 1.61 bits per heavy atom. The first kappa shape index (κ1) is 96.2. The molecule has 0 spiro atoms. The number of ether oxygens (including phenoxy) is 7. The molecule has 5 fully saturated rings. The molecule has 23 nitrogen and oxygen atoms in total. The topological polar surface area (TPSA) is 253 Å². The van der Waals surface area contributed by atoms with E-state index < -0.39 is 23.3 Å². The molecular weight excluding hydrogens is 1370 g/mol. The van der Waals surface area contributed by atoms with Crippen molar-refractivity contribution in [3.8, 4) is 0 Å². The standard InChI is InChI=1S/C18H31NO4.C17H31N3O.C16H36N.C15H17N3O2.C12H27NO5.C7H6O2/c1-4-18(2,3)23-17(21)19-12-10-15(11-13-19)22-16(20)14-8-6-5-7-9-14;1-3-7-15(8-4-1)18-17(20-11-13-21-14-12-20)19-16-9-5-2-6-10-16;1-5-9-13-17(14-10-6-2,15-11-7-3)16-12-8-4;1-5-15(2,3)20-14(19)18-12-9-7-6-8-11(12)17-13(18)10-16-4;1-16-8-2-3-13(4-9-17-11-6-14)5-10-18-12-7-15;8-7(9)6-4-2-1-3-5-6/h14-15H,4-13H2,1-3H3;15-16H,1-14H2,(H,18,19);5-16H2,1-4H3;6-9H,5,10H2,1-3H3;14-15H,2-12H2,1H3;1-5H,(H,8,9)/q;;+1;;;/p-1. The monoisotopic (exact) mass is 1520 g/mol. The molecule has 0 atom stereocenters. The van der Waals surface area contributed by atoms with Gasteiger partial charge < -0.3 is 77.7 Å². The van der Waals surface area contributed by atoms with Crippen molar-refractivity contribution in [1.82, 2.24) is 29.6 Å². The van der Waals surface area contributed by atoms with E-state index in [1.54, 1.807) is 36.3 Å². The smallest absolute Gasteiger partial charge is 0.420 e. The van der Waals surface area contributed by atoms with Crippen molar-refractivity contribution in [2.24, 2.45) is 10.9 Å². The van der Waals surface area contributed by atoms with Crippen LogP contribution in [0.1, 0.15) is 265 Å². The van der Waals surface area contributed by atoms with Gasteiger partial charge in [-0.2, -0.15) is 0 Å². The first-order valence-electron chi connectivity index (χ1n) is 41.8. The lowest BCUT2D eigenvalue weighted by Crippen LogP contribution is -2.51. The zero-order valence-electron chi connectivity index (χ0n) is 69.0. The zero-order valence-corrected chi connectivity index (χ0v) is 69.0. The molecule has 616 valence electrons. The molecule has 5 aliphatic rings. The van der Waals surface area contributed by atoms with Gasteiger partial charge in [-0.15, -0.1) is 0 Å². The summed E-state index contributed by atoms with van der Waals surface area (Å²) in [6, 6.07) is 16.6. The molecule has 1 aromatic heterocycles. The lowest BCUT2D eigenvalue weighted by molar-refractivity contribution is -0.929. The Labute approximate surface area is 651 Å². The summed E-state index contributed by atoms with van der Waals surface area (Å²) in [5.41, 5.74) is 0.608. The summed E-state index contributed by atoms with van der Waals surface area (Å²) in [5.74, 6) is 0.528. The van der Waals surface area contributed by atoms with Crippen LogP contribution in [0.4, 0.5) is 9.59 Å². The highest BCUT2D eigenvalue weighted by atomic mass is 16.6. The predicted octanol–water partition coefficient (Wildman–Crippen LogP) is 14.9. The van der Waals surface area contributed by atoms with Crippen molar-refractivity contribution in [3.05, 3.63) is 77.4 Å². The van der Waals surface area contributed by atoms with Crippen molar-refractivity contribution >= 4 is 41.1 Å². The number of aromatic carboxylic acids is 1. The molecular formula is C85H147N9O14. The van der Waals surface area contributed by atoms with Crippen LogP contribution < -0.4 is 10.4 Å². The lowest BCUT2D eigenvalue weighted by atomic mass is 9.89. The first-order valence-corrected chi connectivity index (χ1v) is 41.8. The Hall–Kier alpha value is -5.97. The number of carbonyl (C=O) groups excluding carboxylic acids is 4. The number of imidazole rings is 1. The van der Waals surface area contributed by atoms with Crippen molar-refractivity contribution in [2.75, 3.05) is 139 Å². The van der Waals surface area contributed by atoms with Crippen LogP contribution in [0.5, 0.6) is 0 Å². The fraction of sp³-hybridized carbons (Fsp3) is 0.776. The number of para-hydroxylation sites is 2. The SMILES string of the molecule is C1CCC(N=C(NC2CCCCC2)N2CCOCC2)CC1.CCC(C)(C)OC(=O)N1CCC(OC(=O)C2CCCCC2)CC1.CCCC[N+](CCCC)(CCCC)CCCC.COCCCN(CCOCCO)CCOCCO.O=C([O-])c1ccccc1.[C-]#[N+]Cc1nc2ccccc2n1C(=O)OC(C)(C)CC. The van der Waals surface area contributed by atoms with Crippen LogP contribution in [0, 0.1) is 12.5 Å². The Morgan fingerprint density at radius 1 is 0.630 bits per heavy atom. The summed E-state index contributed by atoms with van der Waals surface area (Å²) in [6.45, 7) is 43.8. The number of rotatable bonds is 36. The molecule has 3 heterocycles. The van der Waals surface area contributed by atoms with E-state index in [2.05, 4.69) is 52.6 Å². The fourth-order valence-corrected chi connectivity index (χ4v) is 13.4. The molecule has 23 heteroatoms. The number of benzene rings is 2. The number of aliphatic hydroxyl groups excluding tert-OH is 2. The molecule has 3 aliphatic carbocycles. The third kappa shape index (κ3) is 40.8. The van der Waals surface area contributed by atoms with E-state index in [9.17, 15) is 24.3 Å². The number of hydrogen-bond donors (Lipinski definition) is 3. The van der Waals surface area contributed by atoms with Crippen LogP contribution in [0.25, 0.3) is 15.9 Å². The number of piperidine rings is 1. The van der Waals surface area contributed by atoms with Crippen molar-refractivity contribution < 1.29 is 72.1 Å². The molecule has 1 amide bonds. The summed E-state index contributed by atoms with van der Waals surface area (Å²) >= 11 is 0. The molecule has 3 saturated carbocycles. The average Bonchev–Trinajstić information content (AvgIpc) is 1.64. The molecule has 108 heavy (non-hydrogen) atoms. The van der Waals surface area contributed by atoms with Crippen molar-refractivity contribution in [1.29, 1.82) is 0 Å². The van der Waals surface area contributed by atoms with Gasteiger partial charge >= 0.3 is 18.2 Å². The first-order chi connectivity index (χ1) is 52.2. The number of carboxylic acid groups (broad SMARTS) is 1. The van der Waals surface area contributed by atoms with E-state index in [0.29, 0.717) is 87.7 Å². The van der Waals surface area contributed by atoms with Crippen LogP contribution in [0.15, 0.2) is 59.6 Å². The second kappa shape index (κ2) is 58.0. The maximum atomic E-state index is 12.4. The number of fused-ring (bicyclic) bond motifs is 1. The quantitative estimate of drug-likeness (QED) is 0.00930. The second-order valence-corrected chi connectivity index (χ2v) is 30.6. The molecule has 2 aromatic carbocycles. The number of aliphatic hydroxyl groups is 2. The van der Waals surface area contributed by atoms with Gasteiger partial charge in [-0.3, -0.25) is 9.69 Å². The van der Waals surface area contributed by atoms with Gasteiger partial charge in [0.05, 0.1) is 108 Å². The largest absolute Gasteiger partial charge is 0.545 e. The Kier molecular flexibility index (Phi) is 51.7. The van der Waals surface area contributed by atoms with Gasteiger partial charge in [0.1, 0.15) is 17.3 Å². The maximum Gasteiger partial charge on any atom is 0.420 e. The number of esters is 1. The van der Waals surface area contributed by atoms with Crippen LogP contribution in [-0.4, -0.2) is 237 Å². The maximum absolute atomic E-state index is 12.4. The minimum absolute atomic E-state index is 0.0298. The number of amides is 1. The lowest BCUT2D eigenvalue weighted by Gasteiger charge is -2.39.